The zero-order valence-corrected chi connectivity index (χ0v) is 12.8. The molecule has 3 rings (SSSR count). The SMILES string of the molecule is COc1c(-c2ccccc2)cc([SH2+])cc1-c1ccccc1. The van der Waals surface area contributed by atoms with Crippen molar-refractivity contribution in [3.63, 3.8) is 0 Å². The minimum absolute atomic E-state index is 0.898. The molecule has 0 aromatic heterocycles. The summed E-state index contributed by atoms with van der Waals surface area (Å²) in [6, 6.07) is 24.8. The summed E-state index contributed by atoms with van der Waals surface area (Å²) in [5.74, 6) is 0.898. The van der Waals surface area contributed by atoms with Crippen LogP contribution in [0.5, 0.6) is 5.75 Å². The van der Waals surface area contributed by atoms with E-state index in [-0.39, 0.29) is 0 Å². The number of rotatable bonds is 3. The second kappa shape index (κ2) is 6.06. The number of hydrogen-bond acceptors (Lipinski definition) is 1. The van der Waals surface area contributed by atoms with E-state index in [9.17, 15) is 0 Å². The Bertz CT molecular complexity index is 676. The number of ether oxygens (including phenoxy) is 1. The van der Waals surface area contributed by atoms with Gasteiger partial charge in [-0.1, -0.05) is 60.7 Å². The molecule has 0 saturated heterocycles. The lowest BCUT2D eigenvalue weighted by Gasteiger charge is -2.14. The van der Waals surface area contributed by atoms with Crippen molar-refractivity contribution in [1.29, 1.82) is 0 Å². The Hall–Kier alpha value is -2.19. The fraction of sp³-hybridized carbons (Fsp3) is 0.0526. The van der Waals surface area contributed by atoms with Gasteiger partial charge in [-0.2, -0.15) is 0 Å². The van der Waals surface area contributed by atoms with E-state index in [2.05, 4.69) is 49.0 Å². The zero-order valence-electron chi connectivity index (χ0n) is 11.8. The lowest BCUT2D eigenvalue weighted by Crippen LogP contribution is -1.93. The van der Waals surface area contributed by atoms with Gasteiger partial charge in [0, 0.05) is 23.3 Å². The van der Waals surface area contributed by atoms with Crippen LogP contribution in [0.25, 0.3) is 22.3 Å². The Labute approximate surface area is 130 Å². The van der Waals surface area contributed by atoms with Gasteiger partial charge < -0.3 is 4.74 Å². The highest BCUT2D eigenvalue weighted by Crippen LogP contribution is 2.39. The van der Waals surface area contributed by atoms with E-state index < -0.39 is 0 Å². The molecule has 0 aliphatic carbocycles. The molecule has 3 aromatic rings. The largest absolute Gasteiger partial charge is 0.495 e. The molecule has 0 radical (unpaired) electrons. The molecule has 0 N–H and O–H groups in total. The maximum atomic E-state index is 5.72. The Morgan fingerprint density at radius 1 is 0.714 bits per heavy atom. The zero-order chi connectivity index (χ0) is 14.7. The van der Waals surface area contributed by atoms with Gasteiger partial charge in [0.1, 0.15) is 5.75 Å². The third-order valence-electron chi connectivity index (χ3n) is 3.46. The molecule has 1 nitrogen and oxygen atoms in total. The molecule has 0 aliphatic heterocycles. The van der Waals surface area contributed by atoms with Gasteiger partial charge in [-0.25, -0.2) is 0 Å². The van der Waals surface area contributed by atoms with Gasteiger partial charge >= 0.3 is 0 Å². The van der Waals surface area contributed by atoms with Crippen LogP contribution in [0, 0.1) is 0 Å². The first-order chi connectivity index (χ1) is 10.3. The normalized spacial score (nSPS) is 10.4. The highest BCUT2D eigenvalue weighted by Gasteiger charge is 2.15. The second-order valence-electron chi connectivity index (χ2n) is 4.84. The topological polar surface area (TPSA) is 9.23 Å². The summed E-state index contributed by atoms with van der Waals surface area (Å²) in [4.78, 5) is 1.04. The molecule has 0 saturated carbocycles. The van der Waals surface area contributed by atoms with Crippen LogP contribution in [0.2, 0.25) is 0 Å². The fourth-order valence-electron chi connectivity index (χ4n) is 2.51. The van der Waals surface area contributed by atoms with Gasteiger partial charge in [0.15, 0.2) is 4.90 Å². The molecule has 0 unspecified atom stereocenters. The van der Waals surface area contributed by atoms with Gasteiger partial charge in [-0.15, -0.1) is 0 Å². The molecule has 0 amide bonds. The van der Waals surface area contributed by atoms with E-state index in [1.165, 1.54) is 0 Å². The number of hydrogen-bond donors (Lipinski definition) is 0. The first-order valence-electron chi connectivity index (χ1n) is 6.84. The molecule has 0 atom stereocenters. The molecule has 2 heteroatoms. The summed E-state index contributed by atoms with van der Waals surface area (Å²) >= 11 is 3.67. The maximum Gasteiger partial charge on any atom is 0.151 e. The Morgan fingerprint density at radius 3 is 1.52 bits per heavy atom. The first kappa shape index (κ1) is 13.8. The van der Waals surface area contributed by atoms with Crippen molar-refractivity contribution >= 4 is 12.6 Å². The molecule has 104 valence electrons. The van der Waals surface area contributed by atoms with E-state index in [0.29, 0.717) is 0 Å². The van der Waals surface area contributed by atoms with E-state index in [1.807, 2.05) is 36.4 Å². The van der Waals surface area contributed by atoms with Crippen LogP contribution in [0.1, 0.15) is 0 Å². The monoisotopic (exact) mass is 293 g/mol. The van der Waals surface area contributed by atoms with E-state index in [0.717, 1.165) is 32.9 Å². The third-order valence-corrected chi connectivity index (χ3v) is 3.75. The van der Waals surface area contributed by atoms with Gasteiger partial charge in [-0.3, -0.25) is 0 Å². The predicted octanol–water partition coefficient (Wildman–Crippen LogP) is 4.40. The van der Waals surface area contributed by atoms with Crippen LogP contribution in [-0.4, -0.2) is 7.11 Å². The standard InChI is InChI=1S/C19H16OS/c1-20-19-17(14-8-4-2-5-9-14)12-16(21)13-18(19)15-10-6-3-7-11-15/h2-13,21H,1H3/p+1. The third kappa shape index (κ3) is 2.81. The van der Waals surface area contributed by atoms with Gasteiger partial charge in [0.05, 0.1) is 7.11 Å². The first-order valence-corrected chi connectivity index (χ1v) is 7.34. The quantitative estimate of drug-likeness (QED) is 0.650. The predicted molar refractivity (Wildman–Crippen MR) is 92.3 cm³/mol. The average Bonchev–Trinajstić information content (AvgIpc) is 2.55. The van der Waals surface area contributed by atoms with Crippen molar-refractivity contribution in [3.8, 4) is 28.0 Å². The van der Waals surface area contributed by atoms with Crippen molar-refractivity contribution < 1.29 is 4.74 Å². The van der Waals surface area contributed by atoms with Crippen LogP contribution < -0.4 is 4.74 Å². The summed E-state index contributed by atoms with van der Waals surface area (Å²) < 4.78 is 5.72. The summed E-state index contributed by atoms with van der Waals surface area (Å²) in [7, 11) is 1.72. The van der Waals surface area contributed by atoms with Crippen LogP contribution in [0.4, 0.5) is 0 Å². The molecule has 3 aromatic carbocycles. The number of benzene rings is 3. The summed E-state index contributed by atoms with van der Waals surface area (Å²) in [6.45, 7) is 0. The van der Waals surface area contributed by atoms with E-state index in [1.54, 1.807) is 7.11 Å². The highest BCUT2D eigenvalue weighted by molar-refractivity contribution is 7.58. The fourth-order valence-corrected chi connectivity index (χ4v) is 2.80. The molecular formula is C19H17OS+. The molecule has 0 bridgehead atoms. The summed E-state index contributed by atoms with van der Waals surface area (Å²) in [5, 5.41) is 0. The van der Waals surface area contributed by atoms with Gasteiger partial charge in [0.2, 0.25) is 0 Å². The van der Waals surface area contributed by atoms with Crippen LogP contribution in [-0.2, 0) is 12.6 Å². The highest BCUT2D eigenvalue weighted by atomic mass is 32.1. The van der Waals surface area contributed by atoms with Crippen molar-refractivity contribution in [2.75, 3.05) is 7.11 Å². The van der Waals surface area contributed by atoms with Crippen molar-refractivity contribution in [1.82, 2.24) is 0 Å². The number of methoxy groups -OCH3 is 1. The Kier molecular flexibility index (Phi) is 3.98. The van der Waals surface area contributed by atoms with Gasteiger partial charge in [0.25, 0.3) is 0 Å². The molecule has 0 heterocycles. The minimum atomic E-state index is 0.898. The van der Waals surface area contributed by atoms with Crippen molar-refractivity contribution in [3.05, 3.63) is 72.8 Å². The molecule has 0 spiro atoms. The van der Waals surface area contributed by atoms with Crippen LogP contribution in [0.15, 0.2) is 77.7 Å². The van der Waals surface area contributed by atoms with E-state index >= 15 is 0 Å². The smallest absolute Gasteiger partial charge is 0.151 e. The minimum Gasteiger partial charge on any atom is -0.495 e. The Morgan fingerprint density at radius 2 is 1.14 bits per heavy atom. The summed E-state index contributed by atoms with van der Waals surface area (Å²) in [5.41, 5.74) is 4.46. The average molecular weight is 293 g/mol. The summed E-state index contributed by atoms with van der Waals surface area (Å²) in [6.07, 6.45) is 0. The van der Waals surface area contributed by atoms with E-state index in [4.69, 9.17) is 4.74 Å². The van der Waals surface area contributed by atoms with Crippen molar-refractivity contribution in [2.24, 2.45) is 0 Å². The molecular weight excluding hydrogens is 276 g/mol. The molecule has 21 heavy (non-hydrogen) atoms. The van der Waals surface area contributed by atoms with Gasteiger partial charge in [-0.05, 0) is 23.8 Å². The lowest BCUT2D eigenvalue weighted by molar-refractivity contribution is 0.418. The van der Waals surface area contributed by atoms with Crippen LogP contribution in [0.3, 0.4) is 0 Å². The molecule has 0 aliphatic rings. The van der Waals surface area contributed by atoms with Crippen molar-refractivity contribution in [2.45, 2.75) is 4.90 Å². The lowest BCUT2D eigenvalue weighted by atomic mass is 9.97. The Balaban J connectivity index is 2.25. The molecule has 0 fully saturated rings. The maximum absolute atomic E-state index is 5.72. The van der Waals surface area contributed by atoms with Crippen LogP contribution >= 0.6 is 0 Å². The second-order valence-corrected chi connectivity index (χ2v) is 5.41.